The van der Waals surface area contributed by atoms with Crippen LogP contribution in [0.15, 0.2) is 97.1 Å². The van der Waals surface area contributed by atoms with Crippen molar-refractivity contribution in [1.29, 1.82) is 0 Å². The molecule has 6 heteroatoms. The SMILES string of the molecule is C=C(CO)C(=O)OCC(COC(=O)C(=C)CO)C1CCC(c2ccc3cc(-c4ccc5cc(CCC)ccc5c4)ccc3c2)CC1. The third kappa shape index (κ3) is 7.93. The molecule has 4 aromatic rings. The molecule has 0 radical (unpaired) electrons. The Morgan fingerprint density at radius 1 is 0.717 bits per heavy atom. The van der Waals surface area contributed by atoms with E-state index in [2.05, 4.69) is 92.9 Å². The molecular weight excluding hydrogens is 576 g/mol. The van der Waals surface area contributed by atoms with Gasteiger partial charge in [-0.05, 0) is 99.9 Å². The average Bonchev–Trinajstić information content (AvgIpc) is 3.10. The van der Waals surface area contributed by atoms with Crippen molar-refractivity contribution in [2.24, 2.45) is 11.8 Å². The number of fused-ring (bicyclic) bond motifs is 2. The van der Waals surface area contributed by atoms with Gasteiger partial charge < -0.3 is 19.7 Å². The van der Waals surface area contributed by atoms with Crippen molar-refractivity contribution in [3.05, 3.63) is 108 Å². The lowest BCUT2D eigenvalue weighted by Crippen LogP contribution is -2.31. The van der Waals surface area contributed by atoms with Crippen molar-refractivity contribution in [3.8, 4) is 11.1 Å². The number of carbonyl (C=O) groups excluding carboxylic acids is 2. The quantitative estimate of drug-likeness (QED) is 0.118. The highest BCUT2D eigenvalue weighted by atomic mass is 16.5. The number of aryl methyl sites for hydroxylation is 1. The molecule has 240 valence electrons. The molecule has 0 aliphatic heterocycles. The Balaban J connectivity index is 1.25. The van der Waals surface area contributed by atoms with Crippen LogP contribution in [0.4, 0.5) is 0 Å². The minimum Gasteiger partial charge on any atom is -0.462 e. The van der Waals surface area contributed by atoms with Gasteiger partial charge in [-0.2, -0.15) is 0 Å². The van der Waals surface area contributed by atoms with Crippen LogP contribution in [0.5, 0.6) is 0 Å². The molecule has 2 N–H and O–H groups in total. The summed E-state index contributed by atoms with van der Waals surface area (Å²) in [6, 6.07) is 27.0. The van der Waals surface area contributed by atoms with E-state index in [1.807, 2.05) is 0 Å². The van der Waals surface area contributed by atoms with Crippen LogP contribution in [-0.2, 0) is 25.5 Å². The van der Waals surface area contributed by atoms with Crippen LogP contribution in [0.2, 0.25) is 0 Å². The summed E-state index contributed by atoms with van der Waals surface area (Å²) in [5, 5.41) is 23.4. The molecule has 0 spiro atoms. The van der Waals surface area contributed by atoms with Crippen LogP contribution in [0, 0.1) is 11.8 Å². The summed E-state index contributed by atoms with van der Waals surface area (Å²) in [4.78, 5) is 24.3. The van der Waals surface area contributed by atoms with Gasteiger partial charge in [-0.3, -0.25) is 0 Å². The fraction of sp³-hybridized carbons (Fsp3) is 0.350. The third-order valence-electron chi connectivity index (χ3n) is 9.37. The minimum atomic E-state index is -0.659. The molecule has 1 fully saturated rings. The van der Waals surface area contributed by atoms with E-state index in [9.17, 15) is 19.8 Å². The molecule has 0 heterocycles. The van der Waals surface area contributed by atoms with Crippen molar-refractivity contribution in [1.82, 2.24) is 0 Å². The Labute approximate surface area is 271 Å². The zero-order valence-corrected chi connectivity index (χ0v) is 26.7. The predicted molar refractivity (Wildman–Crippen MR) is 183 cm³/mol. The van der Waals surface area contributed by atoms with Gasteiger partial charge in [0.1, 0.15) is 0 Å². The number of benzene rings is 4. The molecule has 0 saturated heterocycles. The number of aliphatic hydroxyl groups excluding tert-OH is 2. The molecule has 0 unspecified atom stereocenters. The molecule has 0 amide bonds. The van der Waals surface area contributed by atoms with E-state index in [0.29, 0.717) is 5.92 Å². The largest absolute Gasteiger partial charge is 0.462 e. The van der Waals surface area contributed by atoms with Gasteiger partial charge >= 0.3 is 11.9 Å². The van der Waals surface area contributed by atoms with Gasteiger partial charge in [0.2, 0.25) is 0 Å². The first kappa shape index (κ1) is 33.1. The van der Waals surface area contributed by atoms with Crippen LogP contribution >= 0.6 is 0 Å². The van der Waals surface area contributed by atoms with E-state index >= 15 is 0 Å². The van der Waals surface area contributed by atoms with Crippen LogP contribution in [0.25, 0.3) is 32.7 Å². The second-order valence-corrected chi connectivity index (χ2v) is 12.6. The maximum absolute atomic E-state index is 12.1. The molecule has 6 nitrogen and oxygen atoms in total. The van der Waals surface area contributed by atoms with E-state index in [-0.39, 0.29) is 36.2 Å². The maximum Gasteiger partial charge on any atom is 0.335 e. The topological polar surface area (TPSA) is 93.1 Å². The average molecular weight is 621 g/mol. The number of hydrogen-bond acceptors (Lipinski definition) is 6. The second kappa shape index (κ2) is 15.4. The van der Waals surface area contributed by atoms with E-state index in [1.54, 1.807) is 0 Å². The molecule has 0 bridgehead atoms. The van der Waals surface area contributed by atoms with Crippen LogP contribution in [0.3, 0.4) is 0 Å². The highest BCUT2D eigenvalue weighted by molar-refractivity contribution is 5.92. The fourth-order valence-corrected chi connectivity index (χ4v) is 6.56. The van der Waals surface area contributed by atoms with E-state index in [4.69, 9.17) is 9.47 Å². The second-order valence-electron chi connectivity index (χ2n) is 12.6. The number of hydrogen-bond donors (Lipinski definition) is 2. The van der Waals surface area contributed by atoms with E-state index in [0.717, 1.165) is 38.5 Å². The summed E-state index contributed by atoms with van der Waals surface area (Å²) >= 11 is 0. The first-order valence-corrected chi connectivity index (χ1v) is 16.3. The molecular formula is C40H44O6. The highest BCUT2D eigenvalue weighted by Gasteiger charge is 2.31. The summed E-state index contributed by atoms with van der Waals surface area (Å²) in [5.41, 5.74) is 5.09. The van der Waals surface area contributed by atoms with Crippen molar-refractivity contribution in [3.63, 3.8) is 0 Å². The zero-order chi connectivity index (χ0) is 32.6. The molecule has 1 saturated carbocycles. The number of aliphatic hydroxyl groups is 2. The van der Waals surface area contributed by atoms with Gasteiger partial charge in [-0.1, -0.05) is 87.2 Å². The molecule has 46 heavy (non-hydrogen) atoms. The fourth-order valence-electron chi connectivity index (χ4n) is 6.56. The van der Waals surface area contributed by atoms with Gasteiger partial charge in [-0.15, -0.1) is 0 Å². The predicted octanol–water partition coefficient (Wildman–Crippen LogP) is 7.69. The van der Waals surface area contributed by atoms with Gasteiger partial charge in [0.05, 0.1) is 37.6 Å². The van der Waals surface area contributed by atoms with Crippen LogP contribution < -0.4 is 0 Å². The van der Waals surface area contributed by atoms with Gasteiger partial charge in [0.25, 0.3) is 0 Å². The smallest absolute Gasteiger partial charge is 0.335 e. The standard InChI is InChI=1S/C40H44O6/c1-4-5-28-6-7-33-20-35(14-12-31(33)18-28)37-17-16-34-19-32(13-15-36(34)21-37)29-8-10-30(11-9-29)38(24-45-39(43)26(2)22-41)25-46-40(44)27(3)23-42/h6-7,12-21,29-30,38,41-42H,2-5,8-11,22-25H2,1H3. The van der Waals surface area contributed by atoms with Crippen molar-refractivity contribution in [2.75, 3.05) is 26.4 Å². The first-order chi connectivity index (χ1) is 22.3. The first-order valence-electron chi connectivity index (χ1n) is 16.3. The van der Waals surface area contributed by atoms with Gasteiger partial charge in [0, 0.05) is 5.92 Å². The van der Waals surface area contributed by atoms with Gasteiger partial charge in [-0.25, -0.2) is 9.59 Å². The number of rotatable bonds is 13. The molecule has 4 aromatic carbocycles. The minimum absolute atomic E-state index is 0.0188. The third-order valence-corrected chi connectivity index (χ3v) is 9.37. The maximum atomic E-state index is 12.1. The lowest BCUT2D eigenvalue weighted by molar-refractivity contribution is -0.146. The number of esters is 2. The molecule has 1 aliphatic rings. The Morgan fingerprint density at radius 3 is 1.76 bits per heavy atom. The molecule has 1 aliphatic carbocycles. The summed E-state index contributed by atoms with van der Waals surface area (Å²) < 4.78 is 10.8. The summed E-state index contributed by atoms with van der Waals surface area (Å²) in [6.45, 7) is 8.43. The zero-order valence-electron chi connectivity index (χ0n) is 26.7. The Bertz CT molecular complexity index is 1700. The Morgan fingerprint density at radius 2 is 1.22 bits per heavy atom. The summed E-state index contributed by atoms with van der Waals surface area (Å²) in [5.74, 6) is -0.936. The van der Waals surface area contributed by atoms with Crippen molar-refractivity contribution < 1.29 is 29.3 Å². The van der Waals surface area contributed by atoms with E-state index < -0.39 is 25.2 Å². The summed E-state index contributed by atoms with van der Waals surface area (Å²) in [6.07, 6.45) is 5.98. The summed E-state index contributed by atoms with van der Waals surface area (Å²) in [7, 11) is 0. The van der Waals surface area contributed by atoms with Gasteiger partial charge in [0.15, 0.2) is 0 Å². The van der Waals surface area contributed by atoms with E-state index in [1.165, 1.54) is 43.8 Å². The van der Waals surface area contributed by atoms with Crippen LogP contribution in [0.1, 0.15) is 56.1 Å². The normalized spacial score (nSPS) is 16.4. The molecule has 0 aromatic heterocycles. The number of carbonyl (C=O) groups is 2. The lowest BCUT2D eigenvalue weighted by atomic mass is 9.74. The Kier molecular flexibility index (Phi) is 11.1. The van der Waals surface area contributed by atoms with Crippen LogP contribution in [-0.4, -0.2) is 48.6 Å². The lowest BCUT2D eigenvalue weighted by Gasteiger charge is -2.33. The highest BCUT2D eigenvalue weighted by Crippen LogP contribution is 2.40. The number of ether oxygens (including phenoxy) is 2. The molecule has 0 atom stereocenters. The molecule has 5 rings (SSSR count). The monoisotopic (exact) mass is 620 g/mol. The van der Waals surface area contributed by atoms with Crippen molar-refractivity contribution >= 4 is 33.5 Å². The Hall–Kier alpha value is -4.26. The van der Waals surface area contributed by atoms with Crippen molar-refractivity contribution in [2.45, 2.75) is 51.4 Å².